The van der Waals surface area contributed by atoms with Crippen LogP contribution >= 0.6 is 0 Å². The predicted octanol–water partition coefficient (Wildman–Crippen LogP) is 1.47. The van der Waals surface area contributed by atoms with Gasteiger partial charge in [-0.05, 0) is 25.2 Å². The Labute approximate surface area is 97.0 Å². The van der Waals surface area contributed by atoms with Crippen LogP contribution in [0.2, 0.25) is 0 Å². The molecule has 2 atom stereocenters. The van der Waals surface area contributed by atoms with Gasteiger partial charge in [0.15, 0.2) is 0 Å². The first-order chi connectivity index (χ1) is 7.65. The fraction of sp³-hybridized carbons (Fsp3) is 0.833. The summed E-state index contributed by atoms with van der Waals surface area (Å²) in [5.74, 6) is -0.632. The van der Waals surface area contributed by atoms with Gasteiger partial charge in [-0.3, -0.25) is 4.79 Å². The van der Waals surface area contributed by atoms with E-state index in [1.54, 1.807) is 0 Å². The monoisotopic (exact) mass is 224 g/mol. The van der Waals surface area contributed by atoms with Gasteiger partial charge in [0.05, 0.1) is 12.2 Å². The first-order valence-electron chi connectivity index (χ1n) is 5.94. The lowest BCUT2D eigenvalue weighted by molar-refractivity contribution is -0.124. The third kappa shape index (κ3) is 3.82. The maximum absolute atomic E-state index is 11.6. The first kappa shape index (κ1) is 13.0. The molecule has 2 unspecified atom stereocenters. The number of carbonyl (C=O) groups is 1. The van der Waals surface area contributed by atoms with E-state index < -0.39 is 5.92 Å². The SMILES string of the molecule is CC(C)C(C#N)C(=O)NCCC1CCCO1. The van der Waals surface area contributed by atoms with Gasteiger partial charge in [-0.2, -0.15) is 5.26 Å². The Morgan fingerprint density at radius 2 is 2.38 bits per heavy atom. The summed E-state index contributed by atoms with van der Waals surface area (Å²) in [6.07, 6.45) is 3.34. The average Bonchev–Trinajstić information content (AvgIpc) is 2.71. The van der Waals surface area contributed by atoms with Gasteiger partial charge in [0.2, 0.25) is 5.91 Å². The highest BCUT2D eigenvalue weighted by atomic mass is 16.5. The molecule has 1 saturated heterocycles. The van der Waals surface area contributed by atoms with Crippen LogP contribution in [0.25, 0.3) is 0 Å². The summed E-state index contributed by atoms with van der Waals surface area (Å²) in [6.45, 7) is 5.21. The number of carbonyl (C=O) groups excluding carboxylic acids is 1. The number of ether oxygens (including phenoxy) is 1. The molecule has 1 aliphatic rings. The van der Waals surface area contributed by atoms with Crippen molar-refractivity contribution in [3.8, 4) is 6.07 Å². The van der Waals surface area contributed by atoms with Crippen molar-refractivity contribution in [3.05, 3.63) is 0 Å². The van der Waals surface area contributed by atoms with Crippen molar-refractivity contribution in [2.45, 2.75) is 39.2 Å². The third-order valence-electron chi connectivity index (χ3n) is 2.88. The Kier molecular flexibility index (Phi) is 5.27. The highest BCUT2D eigenvalue weighted by Crippen LogP contribution is 2.14. The van der Waals surface area contributed by atoms with E-state index in [-0.39, 0.29) is 11.8 Å². The number of rotatable bonds is 5. The molecule has 16 heavy (non-hydrogen) atoms. The molecule has 0 bridgehead atoms. The van der Waals surface area contributed by atoms with E-state index in [9.17, 15) is 4.79 Å². The summed E-state index contributed by atoms with van der Waals surface area (Å²) in [5, 5.41) is 11.6. The second-order valence-electron chi connectivity index (χ2n) is 4.57. The van der Waals surface area contributed by atoms with Gasteiger partial charge in [0.1, 0.15) is 5.92 Å². The lowest BCUT2D eigenvalue weighted by atomic mass is 9.96. The highest BCUT2D eigenvalue weighted by molar-refractivity contribution is 5.81. The minimum Gasteiger partial charge on any atom is -0.378 e. The second-order valence-corrected chi connectivity index (χ2v) is 4.57. The lowest BCUT2D eigenvalue weighted by Gasteiger charge is -2.14. The minimum atomic E-state index is -0.538. The molecule has 1 N–H and O–H groups in total. The van der Waals surface area contributed by atoms with Gasteiger partial charge < -0.3 is 10.1 Å². The predicted molar refractivity (Wildman–Crippen MR) is 60.5 cm³/mol. The van der Waals surface area contributed by atoms with Crippen LogP contribution in [0, 0.1) is 23.2 Å². The van der Waals surface area contributed by atoms with E-state index in [4.69, 9.17) is 10.00 Å². The molecule has 0 aliphatic carbocycles. The van der Waals surface area contributed by atoms with Crippen LogP contribution in [-0.2, 0) is 9.53 Å². The minimum absolute atomic E-state index is 0.0627. The van der Waals surface area contributed by atoms with Crippen LogP contribution in [0.3, 0.4) is 0 Å². The van der Waals surface area contributed by atoms with Crippen molar-refractivity contribution in [2.75, 3.05) is 13.2 Å². The fourth-order valence-corrected chi connectivity index (χ4v) is 1.85. The Bertz CT molecular complexity index is 265. The molecule has 0 radical (unpaired) electrons. The molecule has 0 aromatic carbocycles. The fourth-order valence-electron chi connectivity index (χ4n) is 1.85. The summed E-state index contributed by atoms with van der Waals surface area (Å²) in [7, 11) is 0. The third-order valence-corrected chi connectivity index (χ3v) is 2.88. The highest BCUT2D eigenvalue weighted by Gasteiger charge is 2.22. The maximum Gasteiger partial charge on any atom is 0.237 e. The van der Waals surface area contributed by atoms with Crippen molar-refractivity contribution >= 4 is 5.91 Å². The van der Waals surface area contributed by atoms with Crippen LogP contribution in [0.5, 0.6) is 0 Å². The molecule has 4 heteroatoms. The van der Waals surface area contributed by atoms with Gasteiger partial charge in [-0.25, -0.2) is 0 Å². The molecule has 1 aliphatic heterocycles. The van der Waals surface area contributed by atoms with Crippen LogP contribution in [-0.4, -0.2) is 25.2 Å². The van der Waals surface area contributed by atoms with Gasteiger partial charge in [0, 0.05) is 13.2 Å². The summed E-state index contributed by atoms with van der Waals surface area (Å²) in [6, 6.07) is 2.04. The van der Waals surface area contributed by atoms with Gasteiger partial charge >= 0.3 is 0 Å². The molecule has 1 heterocycles. The zero-order chi connectivity index (χ0) is 12.0. The molecular weight excluding hydrogens is 204 g/mol. The van der Waals surface area contributed by atoms with E-state index in [0.29, 0.717) is 12.6 Å². The van der Waals surface area contributed by atoms with E-state index >= 15 is 0 Å². The summed E-state index contributed by atoms with van der Waals surface area (Å²) >= 11 is 0. The first-order valence-corrected chi connectivity index (χ1v) is 5.94. The van der Waals surface area contributed by atoms with E-state index in [0.717, 1.165) is 25.9 Å². The van der Waals surface area contributed by atoms with Crippen LogP contribution in [0.4, 0.5) is 0 Å². The molecule has 1 amide bonds. The quantitative estimate of drug-likeness (QED) is 0.769. The molecule has 0 saturated carbocycles. The van der Waals surface area contributed by atoms with E-state index in [1.807, 2.05) is 19.9 Å². The van der Waals surface area contributed by atoms with Crippen molar-refractivity contribution in [1.82, 2.24) is 5.32 Å². The Hall–Kier alpha value is -1.08. The van der Waals surface area contributed by atoms with Crippen LogP contribution in [0.1, 0.15) is 33.1 Å². The van der Waals surface area contributed by atoms with E-state index in [1.165, 1.54) is 0 Å². The standard InChI is InChI=1S/C12H20N2O2/c1-9(2)11(8-13)12(15)14-6-5-10-4-3-7-16-10/h9-11H,3-7H2,1-2H3,(H,14,15). The van der Waals surface area contributed by atoms with Gasteiger partial charge in [-0.15, -0.1) is 0 Å². The van der Waals surface area contributed by atoms with Crippen molar-refractivity contribution < 1.29 is 9.53 Å². The molecule has 1 fully saturated rings. The van der Waals surface area contributed by atoms with Crippen LogP contribution in [0.15, 0.2) is 0 Å². The topological polar surface area (TPSA) is 62.1 Å². The van der Waals surface area contributed by atoms with Gasteiger partial charge in [-0.1, -0.05) is 13.8 Å². The zero-order valence-corrected chi connectivity index (χ0v) is 10.0. The molecule has 0 aromatic rings. The summed E-state index contributed by atoms with van der Waals surface area (Å²) in [4.78, 5) is 11.6. The Morgan fingerprint density at radius 3 is 2.88 bits per heavy atom. The van der Waals surface area contributed by atoms with E-state index in [2.05, 4.69) is 5.32 Å². The Balaban J connectivity index is 2.21. The number of nitriles is 1. The normalized spacial score (nSPS) is 21.8. The molecule has 90 valence electrons. The number of hydrogen-bond donors (Lipinski definition) is 1. The average molecular weight is 224 g/mol. The summed E-state index contributed by atoms with van der Waals surface area (Å²) < 4.78 is 5.45. The second kappa shape index (κ2) is 6.49. The largest absolute Gasteiger partial charge is 0.378 e. The maximum atomic E-state index is 11.6. The lowest BCUT2D eigenvalue weighted by Crippen LogP contribution is -2.34. The zero-order valence-electron chi connectivity index (χ0n) is 10.0. The number of amides is 1. The number of nitrogens with one attached hydrogen (secondary N) is 1. The van der Waals surface area contributed by atoms with Gasteiger partial charge in [0.25, 0.3) is 0 Å². The van der Waals surface area contributed by atoms with Crippen LogP contribution < -0.4 is 5.32 Å². The molecule has 1 rings (SSSR count). The summed E-state index contributed by atoms with van der Waals surface area (Å²) in [5.41, 5.74) is 0. The number of hydrogen-bond acceptors (Lipinski definition) is 3. The van der Waals surface area contributed by atoms with Crippen molar-refractivity contribution in [3.63, 3.8) is 0 Å². The van der Waals surface area contributed by atoms with Crippen molar-refractivity contribution in [1.29, 1.82) is 5.26 Å². The smallest absolute Gasteiger partial charge is 0.237 e. The molecular formula is C12H20N2O2. The van der Waals surface area contributed by atoms with Crippen molar-refractivity contribution in [2.24, 2.45) is 11.8 Å². The molecule has 4 nitrogen and oxygen atoms in total. The Morgan fingerprint density at radius 1 is 1.62 bits per heavy atom. The molecule has 0 spiro atoms. The molecule has 0 aromatic heterocycles. The number of nitrogens with zero attached hydrogens (tertiary/aromatic N) is 1.